The van der Waals surface area contributed by atoms with E-state index in [0.717, 1.165) is 11.1 Å². The Hall–Kier alpha value is -1.55. The molecule has 1 aliphatic rings. The van der Waals surface area contributed by atoms with Crippen molar-refractivity contribution >= 4 is 17.3 Å². The van der Waals surface area contributed by atoms with Crippen LogP contribution in [0, 0.1) is 11.8 Å². The van der Waals surface area contributed by atoms with Crippen molar-refractivity contribution in [3.8, 4) is 0 Å². The summed E-state index contributed by atoms with van der Waals surface area (Å²) < 4.78 is 0. The number of Topliss-reactive ketones (excluding diaryl/α,β-unsaturated/α-hetero) is 3. The van der Waals surface area contributed by atoms with Gasteiger partial charge in [-0.15, -0.1) is 0 Å². The summed E-state index contributed by atoms with van der Waals surface area (Å²) in [7, 11) is 0. The molecule has 0 heterocycles. The lowest BCUT2D eigenvalue weighted by atomic mass is 9.82. The molecular weight excluding hydrogens is 280 g/mol. The topological polar surface area (TPSA) is 71.4 Å². The van der Waals surface area contributed by atoms with Gasteiger partial charge in [-0.25, -0.2) is 0 Å². The van der Waals surface area contributed by atoms with E-state index in [2.05, 4.69) is 0 Å². The molecule has 1 rings (SSSR count). The fourth-order valence-corrected chi connectivity index (χ4v) is 2.82. The van der Waals surface area contributed by atoms with Crippen molar-refractivity contribution in [1.82, 2.24) is 0 Å². The van der Waals surface area contributed by atoms with Gasteiger partial charge in [-0.05, 0) is 41.0 Å². The molecular formula is C18H26O4. The molecule has 122 valence electrons. The lowest BCUT2D eigenvalue weighted by Crippen LogP contribution is -2.43. The average Bonchev–Trinajstić information content (AvgIpc) is 2.66. The molecule has 22 heavy (non-hydrogen) atoms. The van der Waals surface area contributed by atoms with Crippen LogP contribution in [-0.2, 0) is 14.4 Å². The summed E-state index contributed by atoms with van der Waals surface area (Å²) in [6, 6.07) is 0. The zero-order valence-corrected chi connectivity index (χ0v) is 14.1. The van der Waals surface area contributed by atoms with Crippen LogP contribution in [-0.4, -0.2) is 28.1 Å². The van der Waals surface area contributed by atoms with Crippen LogP contribution < -0.4 is 0 Å². The molecule has 0 aromatic heterocycles. The molecule has 0 bridgehead atoms. The molecule has 0 aromatic carbocycles. The molecule has 4 nitrogen and oxygen atoms in total. The number of carbonyl (C=O) groups excluding carboxylic acids is 3. The highest BCUT2D eigenvalue weighted by atomic mass is 16.3. The Bertz CT molecular complexity index is 533. The minimum absolute atomic E-state index is 0.0854. The van der Waals surface area contributed by atoms with Crippen LogP contribution in [0.15, 0.2) is 23.3 Å². The fraction of sp³-hybridized carbons (Fsp3) is 0.611. The normalized spacial score (nSPS) is 27.5. The molecule has 4 heteroatoms. The predicted octanol–water partition coefficient (Wildman–Crippen LogP) is 2.79. The summed E-state index contributed by atoms with van der Waals surface area (Å²) >= 11 is 0. The number of hydrogen-bond acceptors (Lipinski definition) is 4. The summed E-state index contributed by atoms with van der Waals surface area (Å²) in [5.41, 5.74) is 0.258. The van der Waals surface area contributed by atoms with E-state index in [1.54, 1.807) is 6.08 Å². The lowest BCUT2D eigenvalue weighted by Gasteiger charge is -2.26. The van der Waals surface area contributed by atoms with Crippen molar-refractivity contribution in [1.29, 1.82) is 0 Å². The molecule has 3 unspecified atom stereocenters. The molecule has 0 aromatic rings. The Labute approximate surface area is 132 Å². The van der Waals surface area contributed by atoms with Gasteiger partial charge >= 0.3 is 0 Å². The zero-order chi connectivity index (χ0) is 17.1. The Morgan fingerprint density at radius 3 is 2.14 bits per heavy atom. The quantitative estimate of drug-likeness (QED) is 0.605. The number of allylic oxidation sites excluding steroid dienone is 4. The highest BCUT2D eigenvalue weighted by molar-refractivity contribution is 6.09. The fourth-order valence-electron chi connectivity index (χ4n) is 2.82. The highest BCUT2D eigenvalue weighted by Crippen LogP contribution is 2.41. The van der Waals surface area contributed by atoms with Gasteiger partial charge in [0.1, 0.15) is 17.2 Å². The summed E-state index contributed by atoms with van der Waals surface area (Å²) in [6.07, 6.45) is 3.87. The van der Waals surface area contributed by atoms with Gasteiger partial charge in [-0.1, -0.05) is 23.3 Å². The zero-order valence-electron chi connectivity index (χ0n) is 14.1. The third-order valence-corrected chi connectivity index (χ3v) is 4.21. The smallest absolute Gasteiger partial charge is 0.168 e. The number of carbonyl (C=O) groups is 3. The second-order valence-electron chi connectivity index (χ2n) is 6.67. The van der Waals surface area contributed by atoms with Crippen molar-refractivity contribution in [3.63, 3.8) is 0 Å². The van der Waals surface area contributed by atoms with Crippen LogP contribution in [0.4, 0.5) is 0 Å². The molecule has 0 radical (unpaired) electrons. The third-order valence-electron chi connectivity index (χ3n) is 4.21. The first-order valence-corrected chi connectivity index (χ1v) is 7.66. The van der Waals surface area contributed by atoms with E-state index in [-0.39, 0.29) is 30.2 Å². The van der Waals surface area contributed by atoms with Crippen molar-refractivity contribution < 1.29 is 19.5 Å². The summed E-state index contributed by atoms with van der Waals surface area (Å²) in [5.74, 6) is -2.65. The van der Waals surface area contributed by atoms with E-state index < -0.39 is 17.4 Å². The van der Waals surface area contributed by atoms with Crippen molar-refractivity contribution in [2.75, 3.05) is 0 Å². The van der Waals surface area contributed by atoms with E-state index in [1.807, 2.05) is 33.8 Å². The Kier molecular flexibility index (Phi) is 6.00. The van der Waals surface area contributed by atoms with Crippen LogP contribution >= 0.6 is 0 Å². The standard InChI is InChI=1S/C18H26O4/c1-11(2)6-8-15-17(21)14(13(5)19)10-18(15,22)16(20)9-7-12(3)4/h6-7,14-15,22H,8-10H2,1-5H3. The molecule has 0 aliphatic heterocycles. The van der Waals surface area contributed by atoms with Crippen LogP contribution in [0.25, 0.3) is 0 Å². The predicted molar refractivity (Wildman–Crippen MR) is 85.3 cm³/mol. The SMILES string of the molecule is CC(=O)C1CC(O)(C(=O)CC=C(C)C)C(CC=C(C)C)C1=O. The van der Waals surface area contributed by atoms with Crippen molar-refractivity contribution in [3.05, 3.63) is 23.3 Å². The van der Waals surface area contributed by atoms with Crippen LogP contribution in [0.1, 0.15) is 53.9 Å². The van der Waals surface area contributed by atoms with Crippen LogP contribution in [0.3, 0.4) is 0 Å². The first-order valence-electron chi connectivity index (χ1n) is 7.66. The minimum atomic E-state index is -1.73. The molecule has 3 atom stereocenters. The van der Waals surface area contributed by atoms with E-state index in [9.17, 15) is 19.5 Å². The molecule has 0 spiro atoms. The Morgan fingerprint density at radius 2 is 1.68 bits per heavy atom. The molecule has 1 aliphatic carbocycles. The van der Waals surface area contributed by atoms with Gasteiger partial charge in [0.15, 0.2) is 5.78 Å². The first-order chi connectivity index (χ1) is 10.1. The van der Waals surface area contributed by atoms with Crippen LogP contribution in [0.5, 0.6) is 0 Å². The largest absolute Gasteiger partial charge is 0.381 e. The molecule has 1 N–H and O–H groups in total. The van der Waals surface area contributed by atoms with E-state index >= 15 is 0 Å². The maximum absolute atomic E-state index is 12.5. The van der Waals surface area contributed by atoms with Gasteiger partial charge in [-0.2, -0.15) is 0 Å². The van der Waals surface area contributed by atoms with Gasteiger partial charge in [0.2, 0.25) is 0 Å². The summed E-state index contributed by atoms with van der Waals surface area (Å²) in [6.45, 7) is 8.87. The number of ketones is 3. The maximum atomic E-state index is 12.5. The third kappa shape index (κ3) is 4.01. The maximum Gasteiger partial charge on any atom is 0.168 e. The van der Waals surface area contributed by atoms with E-state index in [4.69, 9.17) is 0 Å². The number of rotatable bonds is 6. The monoisotopic (exact) mass is 306 g/mol. The van der Waals surface area contributed by atoms with Gasteiger partial charge in [-0.3, -0.25) is 14.4 Å². The highest BCUT2D eigenvalue weighted by Gasteiger charge is 2.56. The molecule has 1 saturated carbocycles. The first kappa shape index (κ1) is 18.5. The Balaban J connectivity index is 3.12. The summed E-state index contributed by atoms with van der Waals surface area (Å²) in [4.78, 5) is 36.5. The molecule has 0 amide bonds. The van der Waals surface area contributed by atoms with E-state index in [1.165, 1.54) is 6.92 Å². The Morgan fingerprint density at radius 1 is 1.14 bits per heavy atom. The molecule has 0 saturated heterocycles. The minimum Gasteiger partial charge on any atom is -0.381 e. The van der Waals surface area contributed by atoms with Gasteiger partial charge in [0.05, 0.1) is 11.8 Å². The van der Waals surface area contributed by atoms with Crippen LogP contribution in [0.2, 0.25) is 0 Å². The second kappa shape index (κ2) is 7.14. The average molecular weight is 306 g/mol. The second-order valence-corrected chi connectivity index (χ2v) is 6.67. The van der Waals surface area contributed by atoms with Gasteiger partial charge < -0.3 is 5.11 Å². The number of hydrogen-bond donors (Lipinski definition) is 1. The number of aliphatic hydroxyl groups is 1. The van der Waals surface area contributed by atoms with E-state index in [0.29, 0.717) is 6.42 Å². The van der Waals surface area contributed by atoms with Crippen molar-refractivity contribution in [2.45, 2.75) is 59.5 Å². The van der Waals surface area contributed by atoms with Gasteiger partial charge in [0.25, 0.3) is 0 Å². The lowest BCUT2D eigenvalue weighted by molar-refractivity contribution is -0.143. The van der Waals surface area contributed by atoms with Crippen molar-refractivity contribution in [2.24, 2.45) is 11.8 Å². The summed E-state index contributed by atoms with van der Waals surface area (Å²) in [5, 5.41) is 10.9. The molecule has 1 fully saturated rings. The van der Waals surface area contributed by atoms with Gasteiger partial charge in [0, 0.05) is 12.8 Å².